The molecule has 1 aromatic carbocycles. The molecule has 0 saturated carbocycles. The van der Waals surface area contributed by atoms with E-state index in [2.05, 4.69) is 15.5 Å². The Morgan fingerprint density at radius 3 is 2.91 bits per heavy atom. The highest BCUT2D eigenvalue weighted by Gasteiger charge is 2.17. The lowest BCUT2D eigenvalue weighted by atomic mass is 10.2. The Morgan fingerprint density at radius 1 is 1.50 bits per heavy atom. The number of nitrogens with one attached hydrogen (secondary N) is 2. The zero-order valence-corrected chi connectivity index (χ0v) is 12.4. The molecule has 1 saturated heterocycles. The highest BCUT2D eigenvalue weighted by Crippen LogP contribution is 2.15. The third-order valence-electron chi connectivity index (χ3n) is 3.58. The number of halogens is 1. The molecule has 2 amide bonds. The van der Waals surface area contributed by atoms with Gasteiger partial charge in [-0.1, -0.05) is 0 Å². The fourth-order valence-electron chi connectivity index (χ4n) is 2.27. The van der Waals surface area contributed by atoms with Crippen LogP contribution in [0, 0.1) is 17.1 Å². The van der Waals surface area contributed by atoms with E-state index < -0.39 is 11.8 Å². The average Bonchev–Trinajstić information content (AvgIpc) is 2.55. The van der Waals surface area contributed by atoms with Crippen LogP contribution in [-0.4, -0.2) is 49.8 Å². The normalized spacial score (nSPS) is 16.6. The van der Waals surface area contributed by atoms with Gasteiger partial charge in [-0.2, -0.15) is 5.26 Å². The fraction of sp³-hybridized carbons (Fsp3) is 0.467. The maximum Gasteiger partial charge on any atom is 0.319 e. The summed E-state index contributed by atoms with van der Waals surface area (Å²) in [7, 11) is 0. The molecule has 1 aromatic rings. The van der Waals surface area contributed by atoms with Crippen molar-refractivity contribution in [3.8, 4) is 6.07 Å². The number of ether oxygens (including phenoxy) is 1. The molecule has 7 heteroatoms. The van der Waals surface area contributed by atoms with Gasteiger partial charge in [0.2, 0.25) is 0 Å². The van der Waals surface area contributed by atoms with Crippen LogP contribution in [0.1, 0.15) is 12.5 Å². The summed E-state index contributed by atoms with van der Waals surface area (Å²) in [6.45, 7) is 5.62. The Balaban J connectivity index is 1.84. The lowest BCUT2D eigenvalue weighted by Gasteiger charge is -2.32. The topological polar surface area (TPSA) is 77.4 Å². The van der Waals surface area contributed by atoms with Crippen LogP contribution in [0.25, 0.3) is 0 Å². The van der Waals surface area contributed by atoms with E-state index in [0.717, 1.165) is 19.2 Å². The average molecular weight is 306 g/mol. The van der Waals surface area contributed by atoms with Gasteiger partial charge in [0.1, 0.15) is 11.9 Å². The van der Waals surface area contributed by atoms with E-state index in [1.54, 1.807) is 0 Å². The molecule has 1 aliphatic heterocycles. The summed E-state index contributed by atoms with van der Waals surface area (Å²) in [6.07, 6.45) is 0. The molecule has 1 aliphatic rings. The summed E-state index contributed by atoms with van der Waals surface area (Å²) in [5.41, 5.74) is 0.386. The monoisotopic (exact) mass is 306 g/mol. The summed E-state index contributed by atoms with van der Waals surface area (Å²) >= 11 is 0. The zero-order chi connectivity index (χ0) is 15.9. The van der Waals surface area contributed by atoms with E-state index in [1.807, 2.05) is 13.0 Å². The Morgan fingerprint density at radius 2 is 2.23 bits per heavy atom. The van der Waals surface area contributed by atoms with E-state index in [0.29, 0.717) is 25.4 Å². The van der Waals surface area contributed by atoms with Gasteiger partial charge < -0.3 is 15.4 Å². The molecular formula is C15H19FN4O2. The SMILES string of the molecule is C[C@@H](CNC(=O)Nc1ccc(F)cc1C#N)N1CCOCC1. The number of urea groups is 1. The summed E-state index contributed by atoms with van der Waals surface area (Å²) < 4.78 is 18.3. The minimum atomic E-state index is -0.511. The van der Waals surface area contributed by atoms with Gasteiger partial charge in [-0.25, -0.2) is 9.18 Å². The Bertz CT molecular complexity index is 567. The third kappa shape index (κ3) is 4.41. The fourth-order valence-corrected chi connectivity index (χ4v) is 2.27. The van der Waals surface area contributed by atoms with Crippen molar-refractivity contribution in [2.75, 3.05) is 38.2 Å². The molecule has 1 atom stereocenters. The zero-order valence-electron chi connectivity index (χ0n) is 12.4. The smallest absolute Gasteiger partial charge is 0.319 e. The van der Waals surface area contributed by atoms with Gasteiger partial charge in [-0.3, -0.25) is 4.90 Å². The van der Waals surface area contributed by atoms with Crippen molar-refractivity contribution in [1.29, 1.82) is 5.26 Å². The van der Waals surface area contributed by atoms with Crippen LogP contribution in [0.4, 0.5) is 14.9 Å². The standard InChI is InChI=1S/C15H19FN4O2/c1-11(20-4-6-22-7-5-20)10-18-15(21)19-14-3-2-13(16)8-12(14)9-17/h2-3,8,11H,4-7,10H2,1H3,(H2,18,19,21)/t11-/m0/s1. The van der Waals surface area contributed by atoms with Crippen LogP contribution in [0.15, 0.2) is 18.2 Å². The van der Waals surface area contributed by atoms with Crippen molar-refractivity contribution >= 4 is 11.7 Å². The van der Waals surface area contributed by atoms with E-state index in [9.17, 15) is 9.18 Å². The molecule has 6 nitrogen and oxygen atoms in total. The van der Waals surface area contributed by atoms with Gasteiger partial charge in [0.25, 0.3) is 0 Å². The van der Waals surface area contributed by atoms with Gasteiger partial charge in [-0.15, -0.1) is 0 Å². The molecule has 0 radical (unpaired) electrons. The predicted octanol–water partition coefficient (Wildman–Crippen LogP) is 1.54. The number of nitriles is 1. The van der Waals surface area contributed by atoms with Gasteiger partial charge in [0, 0.05) is 25.7 Å². The molecule has 2 N–H and O–H groups in total. The number of benzene rings is 1. The van der Waals surface area contributed by atoms with E-state index in [1.165, 1.54) is 12.1 Å². The van der Waals surface area contributed by atoms with Crippen LogP contribution < -0.4 is 10.6 Å². The van der Waals surface area contributed by atoms with Crippen molar-refractivity contribution in [3.63, 3.8) is 0 Å². The maximum atomic E-state index is 13.0. The number of hydrogen-bond donors (Lipinski definition) is 2. The molecule has 0 aromatic heterocycles. The lowest BCUT2D eigenvalue weighted by molar-refractivity contribution is 0.0209. The highest BCUT2D eigenvalue weighted by atomic mass is 19.1. The number of nitrogens with zero attached hydrogens (tertiary/aromatic N) is 2. The Labute approximate surface area is 128 Å². The first-order chi connectivity index (χ1) is 10.6. The van der Waals surface area contributed by atoms with Crippen molar-refractivity contribution in [1.82, 2.24) is 10.2 Å². The van der Waals surface area contributed by atoms with Crippen LogP contribution >= 0.6 is 0 Å². The molecule has 1 fully saturated rings. The minimum Gasteiger partial charge on any atom is -0.379 e. The second-order valence-electron chi connectivity index (χ2n) is 5.13. The van der Waals surface area contributed by atoms with E-state index >= 15 is 0 Å². The quantitative estimate of drug-likeness (QED) is 0.884. The first-order valence-corrected chi connectivity index (χ1v) is 7.16. The van der Waals surface area contributed by atoms with E-state index in [4.69, 9.17) is 10.00 Å². The van der Waals surface area contributed by atoms with Gasteiger partial charge in [0.05, 0.1) is 24.5 Å². The van der Waals surface area contributed by atoms with Crippen molar-refractivity contribution in [3.05, 3.63) is 29.6 Å². The molecule has 2 rings (SSSR count). The first-order valence-electron chi connectivity index (χ1n) is 7.16. The van der Waals surface area contributed by atoms with Crippen LogP contribution in [0.2, 0.25) is 0 Å². The summed E-state index contributed by atoms with van der Waals surface area (Å²) in [6, 6.07) is 5.30. The minimum absolute atomic E-state index is 0.0939. The Hall–Kier alpha value is -2.17. The largest absolute Gasteiger partial charge is 0.379 e. The number of carbonyl (C=O) groups excluding carboxylic acids is 1. The van der Waals surface area contributed by atoms with E-state index in [-0.39, 0.29) is 11.6 Å². The summed E-state index contributed by atoms with van der Waals surface area (Å²) in [5.74, 6) is -0.511. The van der Waals surface area contributed by atoms with Crippen LogP contribution in [0.3, 0.4) is 0 Å². The van der Waals surface area contributed by atoms with Gasteiger partial charge in [-0.05, 0) is 25.1 Å². The highest BCUT2D eigenvalue weighted by molar-refractivity contribution is 5.90. The number of rotatable bonds is 4. The van der Waals surface area contributed by atoms with Crippen LogP contribution in [0.5, 0.6) is 0 Å². The molecule has 0 aliphatic carbocycles. The number of morpholine rings is 1. The lowest BCUT2D eigenvalue weighted by Crippen LogP contribution is -2.47. The molecule has 0 unspecified atom stereocenters. The number of hydrogen-bond acceptors (Lipinski definition) is 4. The number of amides is 2. The molecule has 22 heavy (non-hydrogen) atoms. The van der Waals surface area contributed by atoms with Crippen molar-refractivity contribution in [2.24, 2.45) is 0 Å². The molecule has 1 heterocycles. The predicted molar refractivity (Wildman–Crippen MR) is 80.0 cm³/mol. The van der Waals surface area contributed by atoms with Crippen molar-refractivity contribution < 1.29 is 13.9 Å². The summed E-state index contributed by atoms with van der Waals surface area (Å²) in [4.78, 5) is 14.1. The van der Waals surface area contributed by atoms with Crippen molar-refractivity contribution in [2.45, 2.75) is 13.0 Å². The second-order valence-corrected chi connectivity index (χ2v) is 5.13. The summed E-state index contributed by atoms with van der Waals surface area (Å²) in [5, 5.41) is 14.3. The van der Waals surface area contributed by atoms with Gasteiger partial charge in [0.15, 0.2) is 0 Å². The third-order valence-corrected chi connectivity index (χ3v) is 3.58. The molecule has 118 valence electrons. The number of anilines is 1. The molecule has 0 bridgehead atoms. The number of carbonyl (C=O) groups is 1. The molecule has 0 spiro atoms. The first kappa shape index (κ1) is 16.2. The molecular weight excluding hydrogens is 287 g/mol. The maximum absolute atomic E-state index is 13.0. The van der Waals surface area contributed by atoms with Crippen LogP contribution in [-0.2, 0) is 4.74 Å². The second kappa shape index (κ2) is 7.73. The van der Waals surface area contributed by atoms with Gasteiger partial charge >= 0.3 is 6.03 Å². The Kier molecular flexibility index (Phi) is 5.69.